The third kappa shape index (κ3) is 3.66. The number of nitrogens with zero attached hydrogens (tertiary/aromatic N) is 5. The Bertz CT molecular complexity index is 839. The van der Waals surface area contributed by atoms with Crippen molar-refractivity contribution in [3.05, 3.63) is 47.5 Å². The molecular formula is C21H27N5O2. The van der Waals surface area contributed by atoms with E-state index < -0.39 is 0 Å². The molecule has 1 unspecified atom stereocenters. The van der Waals surface area contributed by atoms with Crippen LogP contribution in [0.25, 0.3) is 0 Å². The summed E-state index contributed by atoms with van der Waals surface area (Å²) in [6.45, 7) is 5.76. The van der Waals surface area contributed by atoms with E-state index >= 15 is 0 Å². The zero-order chi connectivity index (χ0) is 19.5. The van der Waals surface area contributed by atoms with Crippen LogP contribution in [0.3, 0.4) is 0 Å². The van der Waals surface area contributed by atoms with Crippen molar-refractivity contribution >= 4 is 11.8 Å². The van der Waals surface area contributed by atoms with E-state index in [0.29, 0.717) is 24.3 Å². The summed E-state index contributed by atoms with van der Waals surface area (Å²) in [6.07, 6.45) is 7.50. The Hall–Kier alpha value is -2.70. The van der Waals surface area contributed by atoms with E-state index in [1.54, 1.807) is 23.1 Å². The van der Waals surface area contributed by atoms with E-state index in [9.17, 15) is 9.59 Å². The van der Waals surface area contributed by atoms with Gasteiger partial charge >= 0.3 is 0 Å². The molecule has 2 aromatic rings. The van der Waals surface area contributed by atoms with Gasteiger partial charge in [0.25, 0.3) is 11.8 Å². The van der Waals surface area contributed by atoms with Crippen molar-refractivity contribution in [2.45, 2.75) is 45.1 Å². The molecule has 7 nitrogen and oxygen atoms in total. The van der Waals surface area contributed by atoms with Gasteiger partial charge in [-0.25, -0.2) is 0 Å². The number of hydrogen-bond acceptors (Lipinski definition) is 4. The van der Waals surface area contributed by atoms with Crippen molar-refractivity contribution in [3.8, 4) is 0 Å². The lowest BCUT2D eigenvalue weighted by Crippen LogP contribution is -2.40. The number of carbonyl (C=O) groups excluding carboxylic acids is 2. The van der Waals surface area contributed by atoms with Crippen LogP contribution in [0.15, 0.2) is 30.6 Å². The summed E-state index contributed by atoms with van der Waals surface area (Å²) in [7, 11) is 0. The topological polar surface area (TPSA) is 71.3 Å². The van der Waals surface area contributed by atoms with E-state index in [2.05, 4.69) is 10.1 Å². The molecule has 2 amide bonds. The SMILES string of the molecule is CCn1nccc1C(=O)N1CCCC(c2ccc(C(=O)N3CCCC3)cn2)C1. The van der Waals surface area contributed by atoms with Crippen LogP contribution < -0.4 is 0 Å². The lowest BCUT2D eigenvalue weighted by atomic mass is 9.93. The summed E-state index contributed by atoms with van der Waals surface area (Å²) >= 11 is 0. The average molecular weight is 381 g/mol. The molecule has 7 heteroatoms. The van der Waals surface area contributed by atoms with Crippen LogP contribution in [-0.4, -0.2) is 62.6 Å². The summed E-state index contributed by atoms with van der Waals surface area (Å²) in [5.74, 6) is 0.307. The smallest absolute Gasteiger partial charge is 0.272 e. The first-order valence-corrected chi connectivity index (χ1v) is 10.2. The van der Waals surface area contributed by atoms with Crippen LogP contribution in [0.5, 0.6) is 0 Å². The van der Waals surface area contributed by atoms with E-state index in [4.69, 9.17) is 0 Å². The molecular weight excluding hydrogens is 354 g/mol. The van der Waals surface area contributed by atoms with Crippen LogP contribution in [-0.2, 0) is 6.54 Å². The number of aromatic nitrogens is 3. The van der Waals surface area contributed by atoms with E-state index in [1.807, 2.05) is 28.9 Å². The van der Waals surface area contributed by atoms with Crippen LogP contribution in [0.4, 0.5) is 0 Å². The van der Waals surface area contributed by atoms with Crippen molar-refractivity contribution in [1.82, 2.24) is 24.6 Å². The molecule has 0 N–H and O–H groups in total. The molecule has 2 saturated heterocycles. The second-order valence-corrected chi connectivity index (χ2v) is 7.59. The fraction of sp³-hybridized carbons (Fsp3) is 0.524. The van der Waals surface area contributed by atoms with Gasteiger partial charge in [-0.05, 0) is 50.8 Å². The van der Waals surface area contributed by atoms with Crippen LogP contribution >= 0.6 is 0 Å². The molecule has 0 aromatic carbocycles. The summed E-state index contributed by atoms with van der Waals surface area (Å²) in [4.78, 5) is 33.8. The molecule has 1 atom stereocenters. The summed E-state index contributed by atoms with van der Waals surface area (Å²) in [5.41, 5.74) is 2.25. The zero-order valence-electron chi connectivity index (χ0n) is 16.4. The Morgan fingerprint density at radius 2 is 1.82 bits per heavy atom. The van der Waals surface area contributed by atoms with Gasteiger partial charge in [-0.2, -0.15) is 5.10 Å². The molecule has 0 aliphatic carbocycles. The van der Waals surface area contributed by atoms with Crippen molar-refractivity contribution < 1.29 is 9.59 Å². The average Bonchev–Trinajstić information content (AvgIpc) is 3.45. The van der Waals surface area contributed by atoms with Crippen LogP contribution in [0.2, 0.25) is 0 Å². The lowest BCUT2D eigenvalue weighted by molar-refractivity contribution is 0.0693. The van der Waals surface area contributed by atoms with E-state index in [0.717, 1.165) is 51.0 Å². The van der Waals surface area contributed by atoms with Gasteiger partial charge in [0.05, 0.1) is 5.56 Å². The van der Waals surface area contributed by atoms with E-state index in [1.165, 1.54) is 0 Å². The first kappa shape index (κ1) is 18.7. The second-order valence-electron chi connectivity index (χ2n) is 7.59. The third-order valence-corrected chi connectivity index (χ3v) is 5.79. The van der Waals surface area contributed by atoms with Crippen LogP contribution in [0, 0.1) is 0 Å². The summed E-state index contributed by atoms with van der Waals surface area (Å²) in [5, 5.41) is 4.21. The minimum Gasteiger partial charge on any atom is -0.339 e. The highest BCUT2D eigenvalue weighted by atomic mass is 16.2. The zero-order valence-corrected chi connectivity index (χ0v) is 16.4. The van der Waals surface area contributed by atoms with Gasteiger partial charge in [-0.15, -0.1) is 0 Å². The molecule has 148 valence electrons. The molecule has 2 fully saturated rings. The highest BCUT2D eigenvalue weighted by Crippen LogP contribution is 2.27. The number of rotatable bonds is 4. The quantitative estimate of drug-likeness (QED) is 0.816. The molecule has 0 saturated carbocycles. The molecule has 4 rings (SSSR count). The molecule has 2 aliphatic heterocycles. The van der Waals surface area contributed by atoms with Crippen LogP contribution in [0.1, 0.15) is 65.1 Å². The van der Waals surface area contributed by atoms with Gasteiger partial charge in [-0.1, -0.05) is 0 Å². The predicted octanol–water partition coefficient (Wildman–Crippen LogP) is 2.55. The minimum atomic E-state index is 0.0323. The Morgan fingerprint density at radius 3 is 2.54 bits per heavy atom. The Kier molecular flexibility index (Phi) is 5.41. The molecule has 28 heavy (non-hydrogen) atoms. The number of amides is 2. The molecule has 0 radical (unpaired) electrons. The Labute approximate surface area is 165 Å². The number of pyridine rings is 1. The van der Waals surface area contributed by atoms with Gasteiger partial charge in [0, 0.05) is 56.7 Å². The number of likely N-dealkylation sites (tertiary alicyclic amines) is 2. The van der Waals surface area contributed by atoms with Gasteiger partial charge < -0.3 is 9.80 Å². The highest BCUT2D eigenvalue weighted by molar-refractivity contribution is 5.94. The normalized spacial score (nSPS) is 19.8. The number of carbonyl (C=O) groups is 2. The maximum Gasteiger partial charge on any atom is 0.272 e. The standard InChI is InChI=1S/C21H27N5O2/c1-2-26-19(9-10-23-26)21(28)25-13-5-6-17(15-25)18-8-7-16(14-22-18)20(27)24-11-3-4-12-24/h7-10,14,17H,2-6,11-13,15H2,1H3. The maximum atomic E-state index is 12.9. The number of aryl methyl sites for hydroxylation is 1. The van der Waals surface area contributed by atoms with Crippen molar-refractivity contribution in [3.63, 3.8) is 0 Å². The second kappa shape index (κ2) is 8.12. The minimum absolute atomic E-state index is 0.0323. The first-order valence-electron chi connectivity index (χ1n) is 10.2. The van der Waals surface area contributed by atoms with E-state index in [-0.39, 0.29) is 17.7 Å². The third-order valence-electron chi connectivity index (χ3n) is 5.79. The number of hydrogen-bond donors (Lipinski definition) is 0. The molecule has 0 bridgehead atoms. The van der Waals surface area contributed by atoms with Crippen molar-refractivity contribution in [1.29, 1.82) is 0 Å². The molecule has 2 aromatic heterocycles. The van der Waals surface area contributed by atoms with Gasteiger partial charge in [0.15, 0.2) is 0 Å². The Morgan fingerprint density at radius 1 is 1.04 bits per heavy atom. The highest BCUT2D eigenvalue weighted by Gasteiger charge is 2.28. The largest absolute Gasteiger partial charge is 0.339 e. The van der Waals surface area contributed by atoms with Gasteiger partial charge in [0.2, 0.25) is 0 Å². The fourth-order valence-corrected chi connectivity index (χ4v) is 4.21. The van der Waals surface area contributed by atoms with Gasteiger partial charge in [-0.3, -0.25) is 19.3 Å². The molecule has 2 aliphatic rings. The van der Waals surface area contributed by atoms with Crippen molar-refractivity contribution in [2.24, 2.45) is 0 Å². The van der Waals surface area contributed by atoms with Gasteiger partial charge in [0.1, 0.15) is 5.69 Å². The monoisotopic (exact) mass is 381 g/mol. The fourth-order valence-electron chi connectivity index (χ4n) is 4.21. The Balaban J connectivity index is 1.44. The molecule has 4 heterocycles. The maximum absolute atomic E-state index is 12.9. The lowest BCUT2D eigenvalue weighted by Gasteiger charge is -2.32. The first-order chi connectivity index (χ1) is 13.7. The summed E-state index contributed by atoms with van der Waals surface area (Å²) in [6, 6.07) is 5.63. The summed E-state index contributed by atoms with van der Waals surface area (Å²) < 4.78 is 1.74. The molecule has 0 spiro atoms. The predicted molar refractivity (Wildman–Crippen MR) is 105 cm³/mol. The number of piperidine rings is 1. The van der Waals surface area contributed by atoms with Crippen molar-refractivity contribution in [2.75, 3.05) is 26.2 Å².